The SMILES string of the molecule is Clc1nc(NCC2CC2)nc2c1CN(Cc1ccccc1)CC2. The van der Waals surface area contributed by atoms with Gasteiger partial charge in [-0.3, -0.25) is 4.90 Å². The molecule has 0 atom stereocenters. The van der Waals surface area contributed by atoms with Crippen molar-refractivity contribution in [3.05, 3.63) is 52.3 Å². The first-order valence-corrected chi connectivity index (χ1v) is 8.71. The van der Waals surface area contributed by atoms with Crippen LogP contribution in [0.15, 0.2) is 30.3 Å². The van der Waals surface area contributed by atoms with Crippen molar-refractivity contribution in [2.45, 2.75) is 32.4 Å². The Morgan fingerprint density at radius 3 is 2.78 bits per heavy atom. The Kier molecular flexibility index (Phi) is 4.19. The number of hydrogen-bond acceptors (Lipinski definition) is 4. The van der Waals surface area contributed by atoms with Gasteiger partial charge in [0.05, 0.1) is 5.69 Å². The van der Waals surface area contributed by atoms with Crippen LogP contribution in [0.5, 0.6) is 0 Å². The van der Waals surface area contributed by atoms with Gasteiger partial charge >= 0.3 is 0 Å². The van der Waals surface area contributed by atoms with Crippen LogP contribution in [0.2, 0.25) is 5.15 Å². The van der Waals surface area contributed by atoms with Crippen molar-refractivity contribution in [1.82, 2.24) is 14.9 Å². The fourth-order valence-corrected chi connectivity index (χ4v) is 3.29. The molecule has 1 saturated carbocycles. The summed E-state index contributed by atoms with van der Waals surface area (Å²) in [6, 6.07) is 10.6. The summed E-state index contributed by atoms with van der Waals surface area (Å²) >= 11 is 6.43. The number of rotatable bonds is 5. The summed E-state index contributed by atoms with van der Waals surface area (Å²) in [5.41, 5.74) is 3.52. The molecular weight excluding hydrogens is 308 g/mol. The van der Waals surface area contributed by atoms with E-state index in [0.717, 1.165) is 49.8 Å². The van der Waals surface area contributed by atoms with Crippen LogP contribution in [0.3, 0.4) is 0 Å². The minimum absolute atomic E-state index is 0.603. The lowest BCUT2D eigenvalue weighted by Crippen LogP contribution is -2.31. The summed E-state index contributed by atoms with van der Waals surface area (Å²) < 4.78 is 0. The molecule has 0 bridgehead atoms. The molecule has 23 heavy (non-hydrogen) atoms. The number of nitrogens with one attached hydrogen (secondary N) is 1. The van der Waals surface area contributed by atoms with Crippen molar-refractivity contribution >= 4 is 17.5 Å². The van der Waals surface area contributed by atoms with Crippen molar-refractivity contribution < 1.29 is 0 Å². The molecule has 4 nitrogen and oxygen atoms in total. The predicted octanol–water partition coefficient (Wildman–Crippen LogP) is 3.51. The van der Waals surface area contributed by atoms with E-state index in [1.54, 1.807) is 0 Å². The Hall–Kier alpha value is -1.65. The Balaban J connectivity index is 1.46. The van der Waals surface area contributed by atoms with Crippen molar-refractivity contribution in [3.63, 3.8) is 0 Å². The van der Waals surface area contributed by atoms with Gasteiger partial charge in [0.15, 0.2) is 0 Å². The maximum atomic E-state index is 6.43. The molecule has 0 saturated heterocycles. The summed E-state index contributed by atoms with van der Waals surface area (Å²) in [5.74, 6) is 1.49. The van der Waals surface area contributed by atoms with Crippen LogP contribution in [-0.4, -0.2) is 28.0 Å². The molecule has 0 radical (unpaired) electrons. The molecule has 120 valence electrons. The lowest BCUT2D eigenvalue weighted by atomic mass is 10.1. The highest BCUT2D eigenvalue weighted by Crippen LogP contribution is 2.30. The largest absolute Gasteiger partial charge is 0.354 e. The molecule has 0 spiro atoms. The molecule has 1 aliphatic heterocycles. The Morgan fingerprint density at radius 2 is 2.00 bits per heavy atom. The first-order chi connectivity index (χ1) is 11.3. The normalized spacial score (nSPS) is 17.8. The van der Waals surface area contributed by atoms with Crippen LogP contribution in [0, 0.1) is 5.92 Å². The molecule has 2 heterocycles. The van der Waals surface area contributed by atoms with E-state index in [1.165, 1.54) is 18.4 Å². The average Bonchev–Trinajstić information content (AvgIpc) is 3.39. The highest BCUT2D eigenvalue weighted by Gasteiger charge is 2.24. The quantitative estimate of drug-likeness (QED) is 0.853. The summed E-state index contributed by atoms with van der Waals surface area (Å²) in [5, 5.41) is 3.93. The molecule has 1 aromatic heterocycles. The summed E-state index contributed by atoms with van der Waals surface area (Å²) in [4.78, 5) is 11.5. The zero-order valence-corrected chi connectivity index (χ0v) is 13.9. The second-order valence-corrected chi connectivity index (χ2v) is 6.89. The highest BCUT2D eigenvalue weighted by molar-refractivity contribution is 6.30. The monoisotopic (exact) mass is 328 g/mol. The van der Waals surface area contributed by atoms with E-state index in [-0.39, 0.29) is 0 Å². The number of fused-ring (bicyclic) bond motifs is 1. The smallest absolute Gasteiger partial charge is 0.224 e. The Bertz CT molecular complexity index is 685. The molecule has 0 unspecified atom stereocenters. The van der Waals surface area contributed by atoms with Gasteiger partial charge < -0.3 is 5.32 Å². The van der Waals surface area contributed by atoms with Gasteiger partial charge in [-0.1, -0.05) is 41.9 Å². The summed E-state index contributed by atoms with van der Waals surface area (Å²) in [7, 11) is 0. The number of anilines is 1. The minimum Gasteiger partial charge on any atom is -0.354 e. The minimum atomic E-state index is 0.603. The fourth-order valence-electron chi connectivity index (χ4n) is 3.04. The van der Waals surface area contributed by atoms with Crippen LogP contribution in [0.1, 0.15) is 29.7 Å². The zero-order valence-electron chi connectivity index (χ0n) is 13.1. The van der Waals surface area contributed by atoms with Crippen LogP contribution >= 0.6 is 11.6 Å². The third kappa shape index (κ3) is 3.65. The van der Waals surface area contributed by atoms with Gasteiger partial charge in [-0.25, -0.2) is 9.97 Å². The number of benzene rings is 1. The molecule has 1 aliphatic carbocycles. The fraction of sp³-hybridized carbons (Fsp3) is 0.444. The lowest BCUT2D eigenvalue weighted by molar-refractivity contribution is 0.243. The van der Waals surface area contributed by atoms with Gasteiger partial charge in [-0.15, -0.1) is 0 Å². The van der Waals surface area contributed by atoms with Gasteiger partial charge in [0.25, 0.3) is 0 Å². The van der Waals surface area contributed by atoms with Crippen LogP contribution in [-0.2, 0) is 19.5 Å². The van der Waals surface area contributed by atoms with Crippen molar-refractivity contribution in [2.75, 3.05) is 18.4 Å². The van der Waals surface area contributed by atoms with E-state index in [9.17, 15) is 0 Å². The van der Waals surface area contributed by atoms with Crippen LogP contribution in [0.4, 0.5) is 5.95 Å². The van der Waals surface area contributed by atoms with Gasteiger partial charge in [-0.2, -0.15) is 0 Å². The Labute approximate surface area is 141 Å². The zero-order chi connectivity index (χ0) is 15.6. The third-order valence-corrected chi connectivity index (χ3v) is 4.90. The van der Waals surface area contributed by atoms with Crippen molar-refractivity contribution in [1.29, 1.82) is 0 Å². The molecule has 4 rings (SSSR count). The first-order valence-electron chi connectivity index (χ1n) is 8.33. The first kappa shape index (κ1) is 14.9. The topological polar surface area (TPSA) is 41.1 Å². The summed E-state index contributed by atoms with van der Waals surface area (Å²) in [6.45, 7) is 3.75. The third-order valence-electron chi connectivity index (χ3n) is 4.58. The molecular formula is C18H21ClN4. The molecule has 2 aromatic rings. The van der Waals surface area contributed by atoms with E-state index in [0.29, 0.717) is 11.1 Å². The maximum absolute atomic E-state index is 6.43. The van der Waals surface area contributed by atoms with E-state index >= 15 is 0 Å². The number of aromatic nitrogens is 2. The maximum Gasteiger partial charge on any atom is 0.224 e. The van der Waals surface area contributed by atoms with Crippen LogP contribution < -0.4 is 5.32 Å². The standard InChI is InChI=1S/C18H21ClN4/c19-17-15-12-23(11-14-4-2-1-3-5-14)9-8-16(15)21-18(22-17)20-10-13-6-7-13/h1-5,13H,6-12H2,(H,20,21,22). The van der Waals surface area contributed by atoms with E-state index in [2.05, 4.69) is 50.5 Å². The van der Waals surface area contributed by atoms with Gasteiger partial charge in [0, 0.05) is 38.2 Å². The lowest BCUT2D eigenvalue weighted by Gasteiger charge is -2.28. The number of nitrogens with zero attached hydrogens (tertiary/aromatic N) is 3. The average molecular weight is 329 g/mol. The Morgan fingerprint density at radius 1 is 1.17 bits per heavy atom. The van der Waals surface area contributed by atoms with Crippen LogP contribution in [0.25, 0.3) is 0 Å². The molecule has 1 N–H and O–H groups in total. The highest BCUT2D eigenvalue weighted by atomic mass is 35.5. The molecule has 0 amide bonds. The van der Waals surface area contributed by atoms with E-state index in [1.807, 2.05) is 0 Å². The predicted molar refractivity (Wildman–Crippen MR) is 92.5 cm³/mol. The molecule has 2 aliphatic rings. The second kappa shape index (κ2) is 6.46. The number of hydrogen-bond donors (Lipinski definition) is 1. The molecule has 1 fully saturated rings. The van der Waals surface area contributed by atoms with E-state index < -0.39 is 0 Å². The second-order valence-electron chi connectivity index (χ2n) is 6.53. The van der Waals surface area contributed by atoms with Gasteiger partial charge in [0.1, 0.15) is 5.15 Å². The van der Waals surface area contributed by atoms with Gasteiger partial charge in [0.2, 0.25) is 5.95 Å². The molecule has 1 aromatic carbocycles. The van der Waals surface area contributed by atoms with Crippen molar-refractivity contribution in [2.24, 2.45) is 5.92 Å². The molecule has 5 heteroatoms. The van der Waals surface area contributed by atoms with E-state index in [4.69, 9.17) is 11.6 Å². The van der Waals surface area contributed by atoms with Gasteiger partial charge in [-0.05, 0) is 24.3 Å². The van der Waals surface area contributed by atoms with Crippen molar-refractivity contribution in [3.8, 4) is 0 Å². The number of halogens is 1. The summed E-state index contributed by atoms with van der Waals surface area (Å²) in [6.07, 6.45) is 3.57.